The predicted octanol–water partition coefficient (Wildman–Crippen LogP) is 3.96. The second kappa shape index (κ2) is 8.84. The van der Waals surface area contributed by atoms with Crippen molar-refractivity contribution < 1.29 is 9.53 Å². The van der Waals surface area contributed by atoms with Gasteiger partial charge in [-0.1, -0.05) is 25.3 Å². The van der Waals surface area contributed by atoms with Gasteiger partial charge < -0.3 is 14.5 Å². The van der Waals surface area contributed by atoms with Crippen molar-refractivity contribution in [2.24, 2.45) is 13.0 Å². The van der Waals surface area contributed by atoms with Gasteiger partial charge in [0.2, 0.25) is 0 Å². The fraction of sp³-hybridized carbons (Fsp3) is 0.542. The average molecular weight is 437 g/mol. The average Bonchev–Trinajstić information content (AvgIpc) is 3.45. The van der Waals surface area contributed by atoms with Crippen LogP contribution in [0.1, 0.15) is 39.0 Å². The molecule has 4 heterocycles. The predicted molar refractivity (Wildman–Crippen MR) is 124 cm³/mol. The number of carbonyl (C=O) groups is 1. The van der Waals surface area contributed by atoms with Gasteiger partial charge in [-0.3, -0.25) is 4.68 Å². The summed E-state index contributed by atoms with van der Waals surface area (Å²) in [6.07, 6.45) is 13.9. The van der Waals surface area contributed by atoms with E-state index in [1.165, 1.54) is 32.1 Å². The van der Waals surface area contributed by atoms with Crippen molar-refractivity contribution in [2.45, 2.75) is 45.1 Å². The third-order valence-corrected chi connectivity index (χ3v) is 7.01. The highest BCUT2D eigenvalue weighted by atomic mass is 16.6. The smallest absolute Gasteiger partial charge is 0.410 e. The number of amides is 1. The number of carbonyl (C=O) groups excluding carboxylic acids is 1. The maximum absolute atomic E-state index is 12.7. The van der Waals surface area contributed by atoms with Gasteiger partial charge in [0.25, 0.3) is 0 Å². The molecule has 32 heavy (non-hydrogen) atoms. The number of fused-ring (bicyclic) bond motifs is 1. The molecule has 0 radical (unpaired) electrons. The molecule has 1 saturated carbocycles. The fourth-order valence-corrected chi connectivity index (χ4v) is 5.02. The van der Waals surface area contributed by atoms with Gasteiger partial charge in [-0.05, 0) is 31.7 Å². The lowest BCUT2D eigenvalue weighted by Crippen LogP contribution is -2.49. The second-order valence-electron chi connectivity index (χ2n) is 9.14. The lowest BCUT2D eigenvalue weighted by Gasteiger charge is -2.36. The van der Waals surface area contributed by atoms with Gasteiger partial charge in [-0.25, -0.2) is 9.31 Å². The van der Waals surface area contributed by atoms with Crippen LogP contribution in [-0.2, 0) is 11.8 Å². The number of ether oxygens (including phenoxy) is 1. The number of pyridine rings is 1. The summed E-state index contributed by atoms with van der Waals surface area (Å²) in [6.45, 7) is 4.95. The summed E-state index contributed by atoms with van der Waals surface area (Å²) in [7, 11) is 1.92. The first-order valence-corrected chi connectivity index (χ1v) is 11.8. The molecule has 170 valence electrons. The molecule has 1 aliphatic heterocycles. The number of aryl methyl sites for hydroxylation is 1. The van der Waals surface area contributed by atoms with E-state index in [2.05, 4.69) is 34.2 Å². The number of piperazine rings is 1. The van der Waals surface area contributed by atoms with Crippen LogP contribution in [0.25, 0.3) is 16.6 Å². The van der Waals surface area contributed by atoms with Crippen LogP contribution in [0.15, 0.2) is 36.9 Å². The Balaban J connectivity index is 1.21. The Labute approximate surface area is 188 Å². The normalized spacial score (nSPS) is 18.8. The first kappa shape index (κ1) is 20.8. The largest absolute Gasteiger partial charge is 0.446 e. The van der Waals surface area contributed by atoms with Crippen LogP contribution in [0.5, 0.6) is 0 Å². The minimum Gasteiger partial charge on any atom is -0.446 e. The molecule has 2 fully saturated rings. The van der Waals surface area contributed by atoms with Gasteiger partial charge in [-0.15, -0.1) is 0 Å². The van der Waals surface area contributed by atoms with Crippen LogP contribution in [0.4, 0.5) is 10.5 Å². The minimum atomic E-state index is -0.163. The van der Waals surface area contributed by atoms with Crippen LogP contribution >= 0.6 is 0 Å². The summed E-state index contributed by atoms with van der Waals surface area (Å²) in [5.41, 5.74) is 4.33. The molecule has 8 nitrogen and oxygen atoms in total. The maximum atomic E-state index is 12.7. The molecular weight excluding hydrogens is 404 g/mol. The SMILES string of the molecule is CC(OC(=O)N1CCN(c2cnn3cc(-c4cnn(C)c4)ccc23)CC1)C1CCCCC1. The number of nitrogens with zero attached hydrogens (tertiary/aromatic N) is 6. The summed E-state index contributed by atoms with van der Waals surface area (Å²) >= 11 is 0. The molecule has 1 amide bonds. The van der Waals surface area contributed by atoms with Gasteiger partial charge in [0.05, 0.1) is 23.6 Å². The molecule has 1 saturated heterocycles. The van der Waals surface area contributed by atoms with Gasteiger partial charge in [0, 0.05) is 56.7 Å². The number of rotatable bonds is 4. The zero-order chi connectivity index (χ0) is 22.1. The third kappa shape index (κ3) is 4.18. The Bertz CT molecular complexity index is 1080. The molecule has 3 aromatic rings. The van der Waals surface area contributed by atoms with E-state index in [1.807, 2.05) is 41.3 Å². The summed E-state index contributed by atoms with van der Waals surface area (Å²) in [5, 5.41) is 8.83. The maximum Gasteiger partial charge on any atom is 0.410 e. The highest BCUT2D eigenvalue weighted by Gasteiger charge is 2.28. The van der Waals surface area contributed by atoms with Gasteiger partial charge >= 0.3 is 6.09 Å². The number of hydrogen-bond acceptors (Lipinski definition) is 5. The van der Waals surface area contributed by atoms with Crippen molar-refractivity contribution in [1.82, 2.24) is 24.3 Å². The number of anilines is 1. The number of aromatic nitrogens is 4. The molecule has 5 rings (SSSR count). The zero-order valence-corrected chi connectivity index (χ0v) is 19.0. The van der Waals surface area contributed by atoms with Gasteiger partial charge in [0.15, 0.2) is 0 Å². The van der Waals surface area contributed by atoms with Crippen molar-refractivity contribution in [3.63, 3.8) is 0 Å². The Morgan fingerprint density at radius 3 is 2.50 bits per heavy atom. The molecule has 1 aliphatic carbocycles. The molecule has 8 heteroatoms. The molecule has 0 N–H and O–H groups in total. The molecule has 3 aromatic heterocycles. The van der Waals surface area contributed by atoms with Crippen molar-refractivity contribution in [3.8, 4) is 11.1 Å². The molecule has 0 bridgehead atoms. The summed E-state index contributed by atoms with van der Waals surface area (Å²) in [5.74, 6) is 0.518. The first-order valence-electron chi connectivity index (χ1n) is 11.8. The van der Waals surface area contributed by atoms with Crippen LogP contribution in [0.2, 0.25) is 0 Å². The van der Waals surface area contributed by atoms with E-state index < -0.39 is 0 Å². The Morgan fingerprint density at radius 2 is 1.78 bits per heavy atom. The fourth-order valence-electron chi connectivity index (χ4n) is 5.02. The molecule has 0 aromatic carbocycles. The van der Waals surface area contributed by atoms with Crippen LogP contribution in [-0.4, -0.2) is 62.7 Å². The minimum absolute atomic E-state index is 0.00876. The van der Waals surface area contributed by atoms with Gasteiger partial charge in [-0.2, -0.15) is 10.2 Å². The summed E-state index contributed by atoms with van der Waals surface area (Å²) in [6, 6.07) is 4.22. The van der Waals surface area contributed by atoms with Crippen LogP contribution in [0, 0.1) is 5.92 Å². The van der Waals surface area contributed by atoms with E-state index in [1.54, 1.807) is 4.68 Å². The molecule has 1 unspecified atom stereocenters. The highest BCUT2D eigenvalue weighted by Crippen LogP contribution is 2.29. The monoisotopic (exact) mass is 436 g/mol. The quantitative estimate of drug-likeness (QED) is 0.619. The second-order valence-corrected chi connectivity index (χ2v) is 9.14. The van der Waals surface area contributed by atoms with E-state index in [4.69, 9.17) is 4.74 Å². The molecule has 1 atom stereocenters. The topological polar surface area (TPSA) is 67.9 Å². The van der Waals surface area contributed by atoms with E-state index in [0.29, 0.717) is 19.0 Å². The lowest BCUT2D eigenvalue weighted by molar-refractivity contribution is 0.0329. The third-order valence-electron chi connectivity index (χ3n) is 7.01. The summed E-state index contributed by atoms with van der Waals surface area (Å²) in [4.78, 5) is 16.8. The van der Waals surface area contributed by atoms with E-state index in [0.717, 1.165) is 35.4 Å². The van der Waals surface area contributed by atoms with E-state index >= 15 is 0 Å². The first-order chi connectivity index (χ1) is 15.6. The highest BCUT2D eigenvalue weighted by molar-refractivity contribution is 5.76. The standard InChI is InChI=1S/C24H32N6O2/c1-18(19-6-4-3-5-7-19)32-24(31)29-12-10-28(11-13-29)23-15-26-30-17-20(8-9-22(23)30)21-14-25-27(2)16-21/h8-9,14-19H,3-7,10-13H2,1-2H3. The Hall–Kier alpha value is -3.03. The van der Waals surface area contributed by atoms with Gasteiger partial charge in [0.1, 0.15) is 6.10 Å². The zero-order valence-electron chi connectivity index (χ0n) is 19.0. The van der Waals surface area contributed by atoms with Crippen molar-refractivity contribution in [3.05, 3.63) is 36.9 Å². The molecule has 2 aliphatic rings. The van der Waals surface area contributed by atoms with Crippen LogP contribution < -0.4 is 4.90 Å². The van der Waals surface area contributed by atoms with E-state index in [-0.39, 0.29) is 12.2 Å². The Kier molecular flexibility index (Phi) is 5.76. The van der Waals surface area contributed by atoms with Crippen LogP contribution in [0.3, 0.4) is 0 Å². The lowest BCUT2D eigenvalue weighted by atomic mass is 9.86. The van der Waals surface area contributed by atoms with E-state index in [9.17, 15) is 4.79 Å². The van der Waals surface area contributed by atoms with Crippen molar-refractivity contribution >= 4 is 17.3 Å². The number of hydrogen-bond donors (Lipinski definition) is 0. The van der Waals surface area contributed by atoms with Crippen molar-refractivity contribution in [2.75, 3.05) is 31.1 Å². The van der Waals surface area contributed by atoms with Crippen molar-refractivity contribution in [1.29, 1.82) is 0 Å². The molecule has 0 spiro atoms. The summed E-state index contributed by atoms with van der Waals surface area (Å²) < 4.78 is 9.55. The molecular formula is C24H32N6O2. The Morgan fingerprint density at radius 1 is 1.00 bits per heavy atom.